The summed E-state index contributed by atoms with van der Waals surface area (Å²) in [6, 6.07) is 18.6. The summed E-state index contributed by atoms with van der Waals surface area (Å²) < 4.78 is 5.29. The van der Waals surface area contributed by atoms with Crippen molar-refractivity contribution in [3.8, 4) is 5.75 Å². The Labute approximate surface area is 153 Å². The Kier molecular flexibility index (Phi) is 4.21. The third-order valence-electron chi connectivity index (χ3n) is 4.61. The second kappa shape index (κ2) is 6.67. The van der Waals surface area contributed by atoms with Crippen LogP contribution in [0.3, 0.4) is 0 Å². The molecule has 1 aliphatic rings. The Morgan fingerprint density at radius 1 is 1.08 bits per heavy atom. The van der Waals surface area contributed by atoms with E-state index in [9.17, 15) is 0 Å². The average Bonchev–Trinajstić information content (AvgIpc) is 2.97. The second-order valence-corrected chi connectivity index (χ2v) is 6.60. The third kappa shape index (κ3) is 3.08. The molecular formula is C21H22N4O. The molecule has 132 valence electrons. The molecule has 0 bridgehead atoms. The molecule has 0 saturated carbocycles. The highest BCUT2D eigenvalue weighted by molar-refractivity contribution is 5.68. The van der Waals surface area contributed by atoms with E-state index in [2.05, 4.69) is 41.4 Å². The molecule has 3 aromatic rings. The topological polar surface area (TPSA) is 50.3 Å². The summed E-state index contributed by atoms with van der Waals surface area (Å²) in [6.45, 7) is 4.20. The van der Waals surface area contributed by atoms with E-state index >= 15 is 0 Å². The number of nitrogens with zero attached hydrogens (tertiary/aromatic N) is 3. The van der Waals surface area contributed by atoms with E-state index < -0.39 is 0 Å². The molecule has 0 saturated heterocycles. The summed E-state index contributed by atoms with van der Waals surface area (Å²) >= 11 is 0. The molecule has 1 aromatic heterocycles. The first-order chi connectivity index (χ1) is 12.6. The monoisotopic (exact) mass is 346 g/mol. The molecule has 0 fully saturated rings. The quantitative estimate of drug-likeness (QED) is 0.747. The van der Waals surface area contributed by atoms with E-state index in [-0.39, 0.29) is 0 Å². The smallest absolute Gasteiger partial charge is 0.232 e. The molecule has 26 heavy (non-hydrogen) atoms. The van der Waals surface area contributed by atoms with Crippen molar-refractivity contribution in [3.05, 3.63) is 65.9 Å². The number of benzene rings is 2. The number of hydrogen-bond acceptors (Lipinski definition) is 5. The van der Waals surface area contributed by atoms with Crippen LogP contribution >= 0.6 is 0 Å². The summed E-state index contributed by atoms with van der Waals surface area (Å²) in [5.41, 5.74) is 4.39. The number of para-hydroxylation sites is 1. The van der Waals surface area contributed by atoms with Crippen LogP contribution in [0.1, 0.15) is 18.2 Å². The van der Waals surface area contributed by atoms with Gasteiger partial charge in [0.25, 0.3) is 0 Å². The maximum absolute atomic E-state index is 5.29. The van der Waals surface area contributed by atoms with Crippen LogP contribution in [0.5, 0.6) is 5.75 Å². The van der Waals surface area contributed by atoms with Gasteiger partial charge in [0.2, 0.25) is 5.95 Å². The van der Waals surface area contributed by atoms with E-state index in [0.29, 0.717) is 6.04 Å². The first kappa shape index (κ1) is 16.4. The molecule has 0 amide bonds. The number of fused-ring (bicyclic) bond motifs is 1. The van der Waals surface area contributed by atoms with Crippen molar-refractivity contribution in [2.24, 2.45) is 0 Å². The molecular weight excluding hydrogens is 324 g/mol. The molecule has 5 nitrogen and oxygen atoms in total. The van der Waals surface area contributed by atoms with Gasteiger partial charge < -0.3 is 15.0 Å². The highest BCUT2D eigenvalue weighted by Gasteiger charge is 2.29. The zero-order valence-electron chi connectivity index (χ0n) is 15.2. The van der Waals surface area contributed by atoms with Crippen molar-refractivity contribution in [2.75, 3.05) is 17.3 Å². The summed E-state index contributed by atoms with van der Waals surface area (Å²) in [7, 11) is 1.66. The minimum absolute atomic E-state index is 0.332. The lowest BCUT2D eigenvalue weighted by Gasteiger charge is -2.23. The van der Waals surface area contributed by atoms with Crippen LogP contribution in [0.4, 0.5) is 23.1 Å². The van der Waals surface area contributed by atoms with Crippen LogP contribution < -0.4 is 15.0 Å². The summed E-state index contributed by atoms with van der Waals surface area (Å²) in [5, 5.41) is 3.36. The lowest BCUT2D eigenvalue weighted by molar-refractivity contribution is 0.415. The van der Waals surface area contributed by atoms with Crippen LogP contribution in [-0.2, 0) is 6.42 Å². The molecule has 1 aliphatic heterocycles. The van der Waals surface area contributed by atoms with E-state index in [1.165, 1.54) is 11.3 Å². The molecule has 2 heterocycles. The average molecular weight is 346 g/mol. The summed E-state index contributed by atoms with van der Waals surface area (Å²) in [4.78, 5) is 11.7. The molecule has 1 N–H and O–H groups in total. The maximum atomic E-state index is 5.29. The first-order valence-corrected chi connectivity index (χ1v) is 8.78. The molecule has 2 aromatic carbocycles. The number of methoxy groups -OCH3 is 1. The Morgan fingerprint density at radius 3 is 2.77 bits per heavy atom. The molecule has 5 heteroatoms. The fourth-order valence-electron chi connectivity index (χ4n) is 3.44. The zero-order valence-corrected chi connectivity index (χ0v) is 15.2. The van der Waals surface area contributed by atoms with E-state index in [4.69, 9.17) is 14.7 Å². The minimum Gasteiger partial charge on any atom is -0.497 e. The largest absolute Gasteiger partial charge is 0.497 e. The Bertz CT molecular complexity index is 941. The molecule has 1 unspecified atom stereocenters. The van der Waals surface area contributed by atoms with Crippen molar-refractivity contribution in [3.63, 3.8) is 0 Å². The number of aromatic nitrogens is 2. The number of hydrogen-bond donors (Lipinski definition) is 1. The van der Waals surface area contributed by atoms with Gasteiger partial charge in [-0.3, -0.25) is 0 Å². The van der Waals surface area contributed by atoms with Crippen molar-refractivity contribution < 1.29 is 4.74 Å². The number of ether oxygens (including phenoxy) is 1. The van der Waals surface area contributed by atoms with Crippen molar-refractivity contribution in [1.29, 1.82) is 0 Å². The van der Waals surface area contributed by atoms with Gasteiger partial charge in [-0.1, -0.05) is 24.3 Å². The number of anilines is 4. The van der Waals surface area contributed by atoms with Gasteiger partial charge in [0.05, 0.1) is 7.11 Å². The third-order valence-corrected chi connectivity index (χ3v) is 4.61. The summed E-state index contributed by atoms with van der Waals surface area (Å²) in [6.07, 6.45) is 1.01. The van der Waals surface area contributed by atoms with Crippen molar-refractivity contribution in [1.82, 2.24) is 9.97 Å². The first-order valence-electron chi connectivity index (χ1n) is 8.78. The highest BCUT2D eigenvalue weighted by atomic mass is 16.5. The molecule has 4 rings (SSSR count). The van der Waals surface area contributed by atoms with Gasteiger partial charge in [-0.2, -0.15) is 4.98 Å². The van der Waals surface area contributed by atoms with E-state index in [0.717, 1.165) is 35.3 Å². The molecule has 1 atom stereocenters. The molecule has 0 spiro atoms. The predicted molar refractivity (Wildman–Crippen MR) is 105 cm³/mol. The minimum atomic E-state index is 0.332. The standard InChI is InChI=1S/C21H22N4O/c1-14-11-20(23-17-8-6-9-18(13-17)26-3)24-21(22-14)25-15(2)12-16-7-4-5-10-19(16)25/h4-11,13,15H,12H2,1-3H3,(H,22,23,24). The predicted octanol–water partition coefficient (Wildman–Crippen LogP) is 4.62. The van der Waals surface area contributed by atoms with Gasteiger partial charge in [-0.05, 0) is 44.0 Å². The lowest BCUT2D eigenvalue weighted by Crippen LogP contribution is -2.26. The zero-order chi connectivity index (χ0) is 18.1. The SMILES string of the molecule is COc1cccc(Nc2cc(C)nc(N3c4ccccc4CC3C)n2)c1. The molecule has 0 radical (unpaired) electrons. The van der Waals surface area contributed by atoms with Gasteiger partial charge in [0.15, 0.2) is 0 Å². The van der Waals surface area contributed by atoms with Crippen LogP contribution in [0.2, 0.25) is 0 Å². The van der Waals surface area contributed by atoms with Gasteiger partial charge in [0, 0.05) is 35.2 Å². The normalized spacial score (nSPS) is 15.7. The Hall–Kier alpha value is -3.08. The summed E-state index contributed by atoms with van der Waals surface area (Å²) in [5.74, 6) is 2.31. The van der Waals surface area contributed by atoms with Crippen LogP contribution in [0, 0.1) is 6.92 Å². The van der Waals surface area contributed by atoms with Crippen molar-refractivity contribution >= 4 is 23.1 Å². The fourth-order valence-corrected chi connectivity index (χ4v) is 3.44. The second-order valence-electron chi connectivity index (χ2n) is 6.60. The highest BCUT2D eigenvalue weighted by Crippen LogP contribution is 2.37. The van der Waals surface area contributed by atoms with Gasteiger partial charge in [0.1, 0.15) is 11.6 Å². The Morgan fingerprint density at radius 2 is 1.92 bits per heavy atom. The molecule has 0 aliphatic carbocycles. The van der Waals surface area contributed by atoms with Crippen molar-refractivity contribution in [2.45, 2.75) is 26.3 Å². The van der Waals surface area contributed by atoms with E-state index in [1.807, 2.05) is 37.3 Å². The Balaban J connectivity index is 1.69. The van der Waals surface area contributed by atoms with Crippen LogP contribution in [0.15, 0.2) is 54.6 Å². The number of aryl methyl sites for hydroxylation is 1. The number of rotatable bonds is 4. The fraction of sp³-hybridized carbons (Fsp3) is 0.238. The maximum Gasteiger partial charge on any atom is 0.232 e. The van der Waals surface area contributed by atoms with E-state index in [1.54, 1.807) is 7.11 Å². The van der Waals surface area contributed by atoms with Crippen LogP contribution in [0.25, 0.3) is 0 Å². The van der Waals surface area contributed by atoms with Gasteiger partial charge >= 0.3 is 0 Å². The van der Waals surface area contributed by atoms with Gasteiger partial charge in [-0.25, -0.2) is 4.98 Å². The number of nitrogens with one attached hydrogen (secondary N) is 1. The lowest BCUT2D eigenvalue weighted by atomic mass is 10.1. The van der Waals surface area contributed by atoms with Crippen LogP contribution in [-0.4, -0.2) is 23.1 Å². The van der Waals surface area contributed by atoms with Gasteiger partial charge in [-0.15, -0.1) is 0 Å².